The fourth-order valence-corrected chi connectivity index (χ4v) is 24.6. The third-order valence-electron chi connectivity index (χ3n) is 32.8. The van der Waals surface area contributed by atoms with Gasteiger partial charge in [0.05, 0.1) is 87.7 Å². The Morgan fingerprint density at radius 3 is 1.78 bits per heavy atom. The maximum absolute atomic E-state index is 16.4. The van der Waals surface area contributed by atoms with Crippen LogP contribution in [0, 0.1) is 62.1 Å². The third-order valence-corrected chi connectivity index (χ3v) is 33.7. The van der Waals surface area contributed by atoms with Gasteiger partial charge in [0.25, 0.3) is 11.8 Å². The molecule has 13 aliphatic rings. The molecular formula is C91H143NO46S. The molecule has 139 heavy (non-hydrogen) atoms. The first-order chi connectivity index (χ1) is 65.3. The van der Waals surface area contributed by atoms with Crippen LogP contribution in [-0.2, 0) is 130 Å². The van der Waals surface area contributed by atoms with Gasteiger partial charge in [-0.3, -0.25) is 24.0 Å². The molecule has 5 aliphatic carbocycles. The highest BCUT2D eigenvalue weighted by atomic mass is 32.2. The molecule has 794 valence electrons. The van der Waals surface area contributed by atoms with Crippen molar-refractivity contribution in [1.29, 1.82) is 0 Å². The molecule has 4 saturated carbocycles. The first kappa shape index (κ1) is 111. The second-order valence-electron chi connectivity index (χ2n) is 42.0. The molecule has 12 fully saturated rings. The van der Waals surface area contributed by atoms with E-state index in [9.17, 15) is 134 Å². The van der Waals surface area contributed by atoms with Crippen molar-refractivity contribution in [3.8, 4) is 0 Å². The van der Waals surface area contributed by atoms with Crippen LogP contribution >= 0.6 is 0 Å². The maximum Gasteiger partial charge on any atom is 0.364 e. The molecule has 8 heterocycles. The van der Waals surface area contributed by atoms with Crippen LogP contribution in [-0.4, -0.2) is 419 Å². The van der Waals surface area contributed by atoms with Crippen LogP contribution in [0.4, 0.5) is 0 Å². The predicted molar refractivity (Wildman–Crippen MR) is 460 cm³/mol. The fraction of sp³-hybridized carbons (Fsp3) is 0.901. The number of fused-ring (bicyclic) bond motifs is 7. The van der Waals surface area contributed by atoms with Gasteiger partial charge < -0.3 is 187 Å². The second-order valence-corrected chi connectivity index (χ2v) is 43.2. The number of hydroxylamine groups is 2. The number of nitrogens with zero attached hydrogens (tertiary/aromatic N) is 1. The number of carbonyl (C=O) groups excluding carboxylic acids is 7. The third kappa shape index (κ3) is 21.9. The van der Waals surface area contributed by atoms with Crippen LogP contribution in [0.3, 0.4) is 0 Å². The first-order valence-corrected chi connectivity index (χ1v) is 49.3. The Hall–Kier alpha value is -4.94. The molecule has 8 aliphatic heterocycles. The molecule has 0 aromatic carbocycles. The number of allylic oxidation sites excluding steroid dienone is 2. The number of imide groups is 1. The number of ether oxygens (including phenoxy) is 17. The van der Waals surface area contributed by atoms with Gasteiger partial charge in [-0.1, -0.05) is 93.7 Å². The lowest BCUT2D eigenvalue weighted by molar-refractivity contribution is -0.392. The largest absolute Gasteiger partial charge is 0.462 e. The fourth-order valence-electron chi connectivity index (χ4n) is 24.0. The monoisotopic (exact) mass is 2020 g/mol. The van der Waals surface area contributed by atoms with E-state index in [1.54, 1.807) is 27.7 Å². The van der Waals surface area contributed by atoms with E-state index in [0.717, 1.165) is 5.57 Å². The Morgan fingerprint density at radius 2 is 1.15 bits per heavy atom. The second kappa shape index (κ2) is 44.6. The molecule has 8 saturated heterocycles. The summed E-state index contributed by atoms with van der Waals surface area (Å²) in [4.78, 5) is 106. The molecule has 48 heteroatoms. The number of carbonyl (C=O) groups is 7. The Bertz CT molecular complexity index is 4330. The van der Waals surface area contributed by atoms with Crippen LogP contribution in [0.2, 0.25) is 0 Å². The maximum atomic E-state index is 16.4. The SMILES string of the molecule is CC[C@H](C)[C@H](C[C@H](O)CC(=O)OC1CC(O)OC(OC(=O)[C@]23CCC(C)(C)CC2C2=CCC4[C@@]5(C)CC[C@H](OC6OC(C(=O)ON7C(=O)CC([SH](=O)=O)C7=O)C(O)C(OC7OCC(O)C(O)C7O)C6OC6OC(CO)C(O)C(O)C6O)[C@@](C)(C=O)C5CC[C@@]4(C)[C@]2(C)C[C@H]3O)C1OC1OC(C)C(OC2OCC(O)C(OC)C2O)C(O)C1O)OC(=O)C[C@@H](O)C[C@H](OC1OC(CO)C(O)C1O)[C@@H](C)CC. The Balaban J connectivity index is 0.768. The Labute approximate surface area is 803 Å². The topological polar surface area (TPSA) is 707 Å². The van der Waals surface area contributed by atoms with Gasteiger partial charge in [0.15, 0.2) is 66.9 Å². The highest BCUT2D eigenvalue weighted by Crippen LogP contribution is 2.76. The predicted octanol–water partition coefficient (Wildman–Crippen LogP) is -5.42. The standard InChI is InChI=1S/C91H143NO46S/c1-13-36(3)45(125-56(102)25-40(97)24-46(37(4)14-2)127-81-65(111)61(107)49(32-94)128-81)23-39(96)26-57(103)126-47-27-58(104)131-83(72(47)133-80-67(113)63(109)70(38(5)124-80)132-79-69(115)71(121-12)44(99)34-123-79)137-85(118)91-22-21-86(6,7)29-42(91)41-15-16-52-87(8)19-18-54(88(9,35-95)51(87)17-20-89(52,10)90(41,11)30-53(91)100)130-84-75(136-82-66(112)62(108)60(106)48(31-93)129-82)73(134-78-64(110)59(105)43(98)33-122-78)68(114)74(135-84)77(117)138-92-55(101)28-50(76(92)116)139(119)120/h15,35-40,42-54,58-75,78-84,93-94,96-100,104-115,139H,13-14,16-34H2,1-12H3/t36-,37-,38?,39-,40-,42?,43?,44?,45-,46-,47?,48?,49?,50?,51?,52?,53+,54-,58?,59?,60?,61?,62?,63?,64?,65?,66?,67?,68?,69?,70?,71?,72?,73?,74?,75?,78?,79?,80?,81?,82?,83?,84?,87-,88-,89+,90+,91+/m0/s1. The molecule has 35 unspecified atom stereocenters. The van der Waals surface area contributed by atoms with Gasteiger partial charge >= 0.3 is 23.9 Å². The van der Waals surface area contributed by atoms with Gasteiger partial charge in [-0.05, 0) is 116 Å². The zero-order valence-corrected chi connectivity index (χ0v) is 80.6. The van der Waals surface area contributed by atoms with Crippen molar-refractivity contribution in [2.24, 2.45) is 62.1 Å². The number of aliphatic hydroxyl groups is 19. The van der Waals surface area contributed by atoms with E-state index >= 15 is 4.79 Å². The summed E-state index contributed by atoms with van der Waals surface area (Å²) in [6.07, 6.45) is -63.9. The van der Waals surface area contributed by atoms with Crippen LogP contribution in [0.1, 0.15) is 185 Å². The van der Waals surface area contributed by atoms with Gasteiger partial charge in [-0.2, -0.15) is 0 Å². The van der Waals surface area contributed by atoms with Crippen molar-refractivity contribution in [3.05, 3.63) is 11.6 Å². The summed E-state index contributed by atoms with van der Waals surface area (Å²) in [5.74, 6) is -10.4. The Kier molecular flexibility index (Phi) is 35.7. The van der Waals surface area contributed by atoms with Crippen molar-refractivity contribution in [3.63, 3.8) is 0 Å². The summed E-state index contributed by atoms with van der Waals surface area (Å²) in [6.45, 7) is 17.6. The summed E-state index contributed by atoms with van der Waals surface area (Å²) in [5.41, 5.74) is -5.98. The average Bonchev–Trinajstić information content (AvgIpc) is 0.990. The number of hydrogen-bond acceptors (Lipinski definition) is 46. The number of thiol groups is 1. The minimum atomic E-state index is -3.62. The minimum Gasteiger partial charge on any atom is -0.462 e. The van der Waals surface area contributed by atoms with E-state index in [0.29, 0.717) is 38.4 Å². The quantitative estimate of drug-likeness (QED) is 0.00536. The van der Waals surface area contributed by atoms with E-state index in [4.69, 9.17) is 85.4 Å². The lowest BCUT2D eigenvalue weighted by atomic mass is 9.33. The molecule has 0 spiro atoms. The zero-order valence-electron chi connectivity index (χ0n) is 79.7. The van der Waals surface area contributed by atoms with E-state index in [1.165, 1.54) is 14.0 Å². The Morgan fingerprint density at radius 1 is 0.576 bits per heavy atom. The molecule has 0 aromatic heterocycles. The number of rotatable bonds is 35. The van der Waals surface area contributed by atoms with E-state index < -0.39 is 375 Å². The number of amides is 2. The van der Waals surface area contributed by atoms with Gasteiger partial charge in [0, 0.05) is 26.4 Å². The van der Waals surface area contributed by atoms with Crippen molar-refractivity contribution >= 4 is 52.7 Å². The smallest absolute Gasteiger partial charge is 0.364 e. The van der Waals surface area contributed by atoms with Crippen molar-refractivity contribution < 1.29 is 224 Å². The lowest BCUT2D eigenvalue weighted by Crippen LogP contribution is -2.69. The normalized spacial score (nSPS) is 46.4. The summed E-state index contributed by atoms with van der Waals surface area (Å²) >= 11 is 0. The summed E-state index contributed by atoms with van der Waals surface area (Å²) in [7, 11) is -2.39. The molecule has 13 rings (SSSR count). The average molecular weight is 2020 g/mol. The van der Waals surface area contributed by atoms with Crippen LogP contribution in [0.25, 0.3) is 0 Å². The molecule has 48 atom stereocenters. The number of esters is 3. The van der Waals surface area contributed by atoms with Crippen molar-refractivity contribution in [1.82, 2.24) is 5.06 Å². The molecule has 0 aromatic rings. The van der Waals surface area contributed by atoms with Gasteiger partial charge in [-0.25, -0.2) is 13.2 Å². The van der Waals surface area contributed by atoms with E-state index in [-0.39, 0.29) is 74.9 Å². The highest BCUT2D eigenvalue weighted by molar-refractivity contribution is 7.74. The van der Waals surface area contributed by atoms with E-state index in [2.05, 4.69) is 13.0 Å². The molecule has 0 radical (unpaired) electrons. The number of methoxy groups -OCH3 is 1. The van der Waals surface area contributed by atoms with Crippen LogP contribution in [0.15, 0.2) is 11.6 Å². The van der Waals surface area contributed by atoms with Crippen LogP contribution < -0.4 is 0 Å². The molecule has 47 nitrogen and oxygen atoms in total. The number of hydrogen-bond donors (Lipinski definition) is 20. The first-order valence-electron chi connectivity index (χ1n) is 48.1. The minimum absolute atomic E-state index is 0.0172. The lowest BCUT2D eigenvalue weighted by Gasteiger charge is -2.71. The molecular weight excluding hydrogens is 1880 g/mol. The number of aldehydes is 1. The zero-order chi connectivity index (χ0) is 102. The highest BCUT2D eigenvalue weighted by Gasteiger charge is 2.74. The van der Waals surface area contributed by atoms with E-state index in [1.807, 2.05) is 34.6 Å². The molecule has 2 amide bonds. The summed E-state index contributed by atoms with van der Waals surface area (Å²) in [5, 5.41) is 212. The van der Waals surface area contributed by atoms with Gasteiger partial charge in [0.1, 0.15) is 145 Å². The summed E-state index contributed by atoms with van der Waals surface area (Å²) in [6, 6.07) is 0. The molecule has 0 bridgehead atoms. The number of aliphatic hydroxyl groups excluding tert-OH is 19. The molecule has 19 N–H and O–H groups in total. The summed E-state index contributed by atoms with van der Waals surface area (Å²) < 4.78 is 127. The van der Waals surface area contributed by atoms with Crippen molar-refractivity contribution in [2.75, 3.05) is 33.5 Å². The van der Waals surface area contributed by atoms with Crippen LogP contribution in [0.5, 0.6) is 0 Å². The van der Waals surface area contributed by atoms with Gasteiger partial charge in [0.2, 0.25) is 6.29 Å². The van der Waals surface area contributed by atoms with Gasteiger partial charge in [-0.15, -0.1) is 5.06 Å². The van der Waals surface area contributed by atoms with Crippen molar-refractivity contribution in [2.45, 2.75) is 418 Å².